The lowest BCUT2D eigenvalue weighted by atomic mass is 10.1. The summed E-state index contributed by atoms with van der Waals surface area (Å²) < 4.78 is 12.7. The van der Waals surface area contributed by atoms with Crippen molar-refractivity contribution in [3.63, 3.8) is 0 Å². The van der Waals surface area contributed by atoms with Gasteiger partial charge in [-0.15, -0.1) is 0 Å². The third-order valence-electron chi connectivity index (χ3n) is 3.91. The van der Waals surface area contributed by atoms with Crippen molar-refractivity contribution in [2.45, 2.75) is 32.8 Å². The van der Waals surface area contributed by atoms with Crippen LogP contribution in [0.2, 0.25) is 0 Å². The van der Waals surface area contributed by atoms with Crippen LogP contribution in [0.5, 0.6) is 5.75 Å². The Morgan fingerprint density at radius 2 is 2.04 bits per heavy atom. The van der Waals surface area contributed by atoms with E-state index in [4.69, 9.17) is 9.47 Å². The van der Waals surface area contributed by atoms with Gasteiger partial charge in [-0.05, 0) is 48.6 Å². The number of hydrogen-bond acceptors (Lipinski definition) is 3. The molecule has 1 heterocycles. The number of hydrogen-bond donors (Lipinski definition) is 1. The Balaban J connectivity index is 1.84. The molecule has 1 aromatic rings. The molecular weight excluding hydrogens is 417 g/mol. The molecule has 2 rings (SSSR count). The third kappa shape index (κ3) is 6.12. The zero-order chi connectivity index (χ0) is 17.2. The second-order valence-corrected chi connectivity index (χ2v) is 6.83. The van der Waals surface area contributed by atoms with Crippen molar-refractivity contribution in [2.75, 3.05) is 39.4 Å². The molecule has 134 valence electrons. The van der Waals surface area contributed by atoms with Crippen molar-refractivity contribution in [2.24, 2.45) is 4.99 Å². The highest BCUT2D eigenvalue weighted by molar-refractivity contribution is 14.1. The summed E-state index contributed by atoms with van der Waals surface area (Å²) in [5.41, 5.74) is 0. The minimum Gasteiger partial charge on any atom is -0.489 e. The largest absolute Gasteiger partial charge is 0.489 e. The fourth-order valence-corrected chi connectivity index (χ4v) is 3.21. The molecule has 0 aliphatic carbocycles. The van der Waals surface area contributed by atoms with Crippen LogP contribution in [-0.4, -0.2) is 56.4 Å². The van der Waals surface area contributed by atoms with Crippen LogP contribution in [0.4, 0.5) is 0 Å². The minimum atomic E-state index is 0.281. The van der Waals surface area contributed by atoms with Crippen molar-refractivity contribution < 1.29 is 9.47 Å². The fourth-order valence-electron chi connectivity index (χ4n) is 2.69. The molecule has 6 heteroatoms. The van der Waals surface area contributed by atoms with E-state index in [9.17, 15) is 0 Å². The summed E-state index contributed by atoms with van der Waals surface area (Å²) >= 11 is 2.33. The van der Waals surface area contributed by atoms with Crippen molar-refractivity contribution in [1.29, 1.82) is 0 Å². The van der Waals surface area contributed by atoms with Gasteiger partial charge in [0.1, 0.15) is 11.9 Å². The normalized spacial score (nSPS) is 16.3. The minimum absolute atomic E-state index is 0.281. The van der Waals surface area contributed by atoms with E-state index in [0.29, 0.717) is 13.2 Å². The summed E-state index contributed by atoms with van der Waals surface area (Å²) in [5.74, 6) is 1.98. The number of rotatable bonds is 7. The molecule has 0 spiro atoms. The Bertz CT molecular complexity index is 517. The number of guanidine groups is 1. The first-order chi connectivity index (χ1) is 11.7. The lowest BCUT2D eigenvalue weighted by molar-refractivity contribution is 0.128. The highest BCUT2D eigenvalue weighted by Crippen LogP contribution is 2.24. The average molecular weight is 445 g/mol. The first kappa shape index (κ1) is 19.3. The maximum Gasteiger partial charge on any atom is 0.193 e. The molecule has 1 aromatic carbocycles. The first-order valence-corrected chi connectivity index (χ1v) is 9.84. The molecule has 1 aliphatic rings. The summed E-state index contributed by atoms with van der Waals surface area (Å²) in [5, 5.41) is 3.38. The molecule has 0 aromatic heterocycles. The van der Waals surface area contributed by atoms with Gasteiger partial charge in [0.15, 0.2) is 5.96 Å². The highest BCUT2D eigenvalue weighted by Gasteiger charge is 2.23. The second kappa shape index (κ2) is 10.8. The van der Waals surface area contributed by atoms with Crippen LogP contribution in [-0.2, 0) is 4.74 Å². The van der Waals surface area contributed by atoms with Crippen LogP contribution in [0.3, 0.4) is 0 Å². The van der Waals surface area contributed by atoms with Gasteiger partial charge in [-0.2, -0.15) is 0 Å². The van der Waals surface area contributed by atoms with Gasteiger partial charge >= 0.3 is 0 Å². The maximum atomic E-state index is 6.17. The van der Waals surface area contributed by atoms with Gasteiger partial charge in [0.25, 0.3) is 0 Å². The Hall–Kier alpha value is -1.02. The maximum absolute atomic E-state index is 6.17. The Labute approximate surface area is 158 Å². The number of likely N-dealkylation sites (tertiary alicyclic amines) is 1. The lowest BCUT2D eigenvalue weighted by Gasteiger charge is -2.34. The Morgan fingerprint density at radius 1 is 1.29 bits per heavy atom. The van der Waals surface area contributed by atoms with Gasteiger partial charge in [0.2, 0.25) is 0 Å². The third-order valence-corrected chi connectivity index (χ3v) is 4.80. The monoisotopic (exact) mass is 445 g/mol. The quantitative estimate of drug-likeness (QED) is 0.303. The first-order valence-electron chi connectivity index (χ1n) is 8.76. The second-order valence-electron chi connectivity index (χ2n) is 5.67. The molecule has 0 amide bonds. The van der Waals surface area contributed by atoms with Crippen LogP contribution in [0.1, 0.15) is 26.7 Å². The van der Waals surface area contributed by atoms with E-state index in [1.54, 1.807) is 0 Å². The number of para-hydroxylation sites is 1. The Kier molecular flexibility index (Phi) is 8.66. The molecule has 1 aliphatic heterocycles. The predicted molar refractivity (Wildman–Crippen MR) is 107 cm³/mol. The molecule has 0 unspecified atom stereocenters. The van der Waals surface area contributed by atoms with Crippen LogP contribution < -0.4 is 10.1 Å². The summed E-state index contributed by atoms with van der Waals surface area (Å²) in [7, 11) is 0. The number of aliphatic imine (C=N–C) groups is 1. The predicted octanol–water partition coefficient (Wildman–Crippen LogP) is 3.14. The zero-order valence-corrected chi connectivity index (χ0v) is 16.8. The van der Waals surface area contributed by atoms with Crippen molar-refractivity contribution in [3.8, 4) is 5.75 Å². The van der Waals surface area contributed by atoms with Gasteiger partial charge in [-0.1, -0.05) is 12.1 Å². The molecule has 1 fully saturated rings. The van der Waals surface area contributed by atoms with E-state index >= 15 is 0 Å². The average Bonchev–Trinajstić information content (AvgIpc) is 2.60. The van der Waals surface area contributed by atoms with Crippen LogP contribution in [0.25, 0.3) is 0 Å². The SMILES string of the molecule is CCNC(=NCCOCC)N1CCC(Oc2ccccc2I)CC1. The number of nitrogens with one attached hydrogen (secondary N) is 1. The van der Waals surface area contributed by atoms with Crippen molar-refractivity contribution in [3.05, 3.63) is 27.8 Å². The van der Waals surface area contributed by atoms with Gasteiger partial charge in [0, 0.05) is 39.1 Å². The lowest BCUT2D eigenvalue weighted by Crippen LogP contribution is -2.47. The van der Waals surface area contributed by atoms with Crippen LogP contribution in [0, 0.1) is 3.57 Å². The molecule has 0 atom stereocenters. The molecule has 1 saturated heterocycles. The molecule has 0 bridgehead atoms. The molecule has 1 N–H and O–H groups in total. The standard InChI is InChI=1S/C18H28IN3O2/c1-3-20-18(21-11-14-23-4-2)22-12-9-15(10-13-22)24-17-8-6-5-7-16(17)19/h5-8,15H,3-4,9-14H2,1-2H3,(H,20,21). The van der Waals surface area contributed by atoms with Crippen LogP contribution >= 0.6 is 22.6 Å². The Morgan fingerprint density at radius 3 is 2.71 bits per heavy atom. The van der Waals surface area contributed by atoms with Crippen molar-refractivity contribution in [1.82, 2.24) is 10.2 Å². The summed E-state index contributed by atoms with van der Waals surface area (Å²) in [6.45, 7) is 9.05. The highest BCUT2D eigenvalue weighted by atomic mass is 127. The van der Waals surface area contributed by atoms with E-state index in [-0.39, 0.29) is 6.10 Å². The molecule has 0 saturated carbocycles. The van der Waals surface area contributed by atoms with Gasteiger partial charge < -0.3 is 19.7 Å². The molecule has 0 radical (unpaired) electrons. The van der Waals surface area contributed by atoms with E-state index in [0.717, 1.165) is 50.8 Å². The summed E-state index contributed by atoms with van der Waals surface area (Å²) in [6.07, 6.45) is 2.31. The zero-order valence-electron chi connectivity index (χ0n) is 14.6. The van der Waals surface area contributed by atoms with E-state index in [1.807, 2.05) is 25.1 Å². The molecule has 24 heavy (non-hydrogen) atoms. The van der Waals surface area contributed by atoms with E-state index in [1.165, 1.54) is 3.57 Å². The number of benzene rings is 1. The number of piperidine rings is 1. The van der Waals surface area contributed by atoms with Crippen molar-refractivity contribution >= 4 is 28.6 Å². The van der Waals surface area contributed by atoms with E-state index < -0.39 is 0 Å². The van der Waals surface area contributed by atoms with E-state index in [2.05, 4.69) is 50.8 Å². The van der Waals surface area contributed by atoms with Gasteiger partial charge in [-0.25, -0.2) is 0 Å². The smallest absolute Gasteiger partial charge is 0.193 e. The fraction of sp³-hybridized carbons (Fsp3) is 0.611. The topological polar surface area (TPSA) is 46.1 Å². The summed E-state index contributed by atoms with van der Waals surface area (Å²) in [6, 6.07) is 8.20. The van der Waals surface area contributed by atoms with Gasteiger partial charge in [-0.3, -0.25) is 4.99 Å². The number of nitrogens with zero attached hydrogens (tertiary/aromatic N) is 2. The number of ether oxygens (including phenoxy) is 2. The van der Waals surface area contributed by atoms with Crippen LogP contribution in [0.15, 0.2) is 29.3 Å². The molecular formula is C18H28IN3O2. The summed E-state index contributed by atoms with van der Waals surface area (Å²) in [4.78, 5) is 6.99. The number of halogens is 1. The molecule has 5 nitrogen and oxygen atoms in total. The van der Waals surface area contributed by atoms with Gasteiger partial charge in [0.05, 0.1) is 16.7 Å².